The fraction of sp³-hybridized carbons (Fsp3) is 0.818. The van der Waals surface area contributed by atoms with Crippen molar-refractivity contribution in [1.29, 1.82) is 0 Å². The third kappa shape index (κ3) is 10.0. The minimum atomic E-state index is -1.03. The smallest absolute Gasteiger partial charge is 0.309 e. The number of aliphatic carboxylic acids is 1. The summed E-state index contributed by atoms with van der Waals surface area (Å²) in [5.41, 5.74) is 0. The first-order chi connectivity index (χ1) is 8.57. The molecule has 0 radical (unpaired) electrons. The second-order valence-corrected chi connectivity index (χ2v) is 3.61. The van der Waals surface area contributed by atoms with Crippen LogP contribution in [0, 0.1) is 5.92 Å². The molecule has 0 aliphatic heterocycles. The minimum Gasteiger partial charge on any atom is -0.481 e. The number of aliphatic hydroxyl groups is 1. The van der Waals surface area contributed by atoms with E-state index in [1.54, 1.807) is 0 Å². The predicted molar refractivity (Wildman–Crippen MR) is 61.1 cm³/mol. The van der Waals surface area contributed by atoms with Crippen LogP contribution < -0.4 is 0 Å². The Labute approximate surface area is 106 Å². The summed E-state index contributed by atoms with van der Waals surface area (Å²) in [6.07, 6.45) is -0.241. The Balaban J connectivity index is 3.37. The van der Waals surface area contributed by atoms with Crippen molar-refractivity contribution in [3.05, 3.63) is 0 Å². The maximum atomic E-state index is 11.3. The van der Waals surface area contributed by atoms with E-state index in [2.05, 4.69) is 0 Å². The second kappa shape index (κ2) is 10.9. The van der Waals surface area contributed by atoms with Gasteiger partial charge in [-0.3, -0.25) is 9.59 Å². The molecule has 7 heteroatoms. The van der Waals surface area contributed by atoms with E-state index in [1.807, 2.05) is 0 Å². The summed E-state index contributed by atoms with van der Waals surface area (Å²) in [6, 6.07) is 0. The highest BCUT2D eigenvalue weighted by molar-refractivity contribution is 5.78. The zero-order valence-electron chi connectivity index (χ0n) is 10.5. The highest BCUT2D eigenvalue weighted by atomic mass is 16.6. The molecule has 0 aromatic rings. The summed E-state index contributed by atoms with van der Waals surface area (Å²) in [5, 5.41) is 16.9. The number of carboxylic acid groups (broad SMARTS) is 1. The number of hydrogen-bond acceptors (Lipinski definition) is 6. The van der Waals surface area contributed by atoms with Crippen molar-refractivity contribution in [2.75, 3.05) is 39.6 Å². The molecule has 0 amide bonds. The lowest BCUT2D eigenvalue weighted by Crippen LogP contribution is -2.20. The molecule has 0 rings (SSSR count). The van der Waals surface area contributed by atoms with Gasteiger partial charge in [0.2, 0.25) is 0 Å². The molecule has 0 aliphatic carbocycles. The van der Waals surface area contributed by atoms with Crippen LogP contribution in [0.5, 0.6) is 0 Å². The highest BCUT2D eigenvalue weighted by Gasteiger charge is 2.17. The predicted octanol–water partition coefficient (Wildman–Crippen LogP) is -0.334. The molecule has 1 unspecified atom stereocenters. The van der Waals surface area contributed by atoms with Crippen LogP contribution in [0.25, 0.3) is 0 Å². The van der Waals surface area contributed by atoms with E-state index in [4.69, 9.17) is 24.4 Å². The Hall–Kier alpha value is -1.18. The molecule has 0 saturated heterocycles. The van der Waals surface area contributed by atoms with Gasteiger partial charge in [-0.05, 0) is 0 Å². The minimum absolute atomic E-state index is 0.0287. The molecular weight excluding hydrogens is 244 g/mol. The van der Waals surface area contributed by atoms with Gasteiger partial charge in [0, 0.05) is 0 Å². The molecule has 2 N–H and O–H groups in total. The van der Waals surface area contributed by atoms with Crippen LogP contribution in [-0.2, 0) is 23.8 Å². The molecule has 7 nitrogen and oxygen atoms in total. The number of hydrogen-bond donors (Lipinski definition) is 2. The van der Waals surface area contributed by atoms with E-state index < -0.39 is 17.9 Å². The second-order valence-electron chi connectivity index (χ2n) is 3.61. The van der Waals surface area contributed by atoms with Crippen molar-refractivity contribution in [3.63, 3.8) is 0 Å². The summed E-state index contributed by atoms with van der Waals surface area (Å²) >= 11 is 0. The summed E-state index contributed by atoms with van der Waals surface area (Å²) in [4.78, 5) is 21.6. The quantitative estimate of drug-likeness (QED) is 0.389. The summed E-state index contributed by atoms with van der Waals surface area (Å²) < 4.78 is 14.9. The third-order valence-electron chi connectivity index (χ3n) is 1.96. The molecule has 0 fully saturated rings. The van der Waals surface area contributed by atoms with Crippen LogP contribution in [0.3, 0.4) is 0 Å². The summed E-state index contributed by atoms with van der Waals surface area (Å²) in [5.74, 6) is -2.23. The third-order valence-corrected chi connectivity index (χ3v) is 1.96. The average molecular weight is 264 g/mol. The fourth-order valence-electron chi connectivity index (χ4n) is 1.08. The normalized spacial score (nSPS) is 12.1. The van der Waals surface area contributed by atoms with Crippen molar-refractivity contribution in [2.24, 2.45) is 5.92 Å². The number of carbonyl (C=O) groups is 2. The van der Waals surface area contributed by atoms with E-state index in [9.17, 15) is 9.59 Å². The first-order valence-electron chi connectivity index (χ1n) is 5.72. The van der Waals surface area contributed by atoms with E-state index in [-0.39, 0.29) is 32.8 Å². The SMILES string of the molecule is CC(CC(=O)O)C(=O)OCCOCCOCCO. The Bertz CT molecular complexity index is 242. The first-order valence-corrected chi connectivity index (χ1v) is 5.72. The van der Waals surface area contributed by atoms with Crippen LogP contribution >= 0.6 is 0 Å². The number of carboxylic acids is 1. The molecule has 0 aromatic carbocycles. The van der Waals surface area contributed by atoms with Crippen LogP contribution in [0.2, 0.25) is 0 Å². The first kappa shape index (κ1) is 16.8. The van der Waals surface area contributed by atoms with Gasteiger partial charge in [0.25, 0.3) is 0 Å². The number of aliphatic hydroxyl groups excluding tert-OH is 1. The molecule has 1 atom stereocenters. The van der Waals surface area contributed by atoms with E-state index >= 15 is 0 Å². The van der Waals surface area contributed by atoms with Gasteiger partial charge in [0.1, 0.15) is 6.61 Å². The Morgan fingerprint density at radius 1 is 1.06 bits per heavy atom. The standard InChI is InChI=1S/C11H20O7/c1-9(8-10(13)14)11(15)18-7-6-17-5-4-16-3-2-12/h9,12H,2-8H2,1H3,(H,13,14). The Morgan fingerprint density at radius 2 is 1.61 bits per heavy atom. The monoisotopic (exact) mass is 264 g/mol. The molecule has 18 heavy (non-hydrogen) atoms. The largest absolute Gasteiger partial charge is 0.481 e. The van der Waals surface area contributed by atoms with Gasteiger partial charge in [0.15, 0.2) is 0 Å². The van der Waals surface area contributed by atoms with Crippen molar-refractivity contribution in [1.82, 2.24) is 0 Å². The molecular formula is C11H20O7. The van der Waals surface area contributed by atoms with Crippen LogP contribution in [0.4, 0.5) is 0 Å². The van der Waals surface area contributed by atoms with E-state index in [0.29, 0.717) is 13.2 Å². The van der Waals surface area contributed by atoms with Crippen LogP contribution in [-0.4, -0.2) is 61.8 Å². The van der Waals surface area contributed by atoms with Gasteiger partial charge < -0.3 is 24.4 Å². The molecule has 0 saturated carbocycles. The molecule has 0 aliphatic rings. The zero-order valence-corrected chi connectivity index (χ0v) is 10.5. The highest BCUT2D eigenvalue weighted by Crippen LogP contribution is 2.04. The van der Waals surface area contributed by atoms with E-state index in [0.717, 1.165) is 0 Å². The van der Waals surface area contributed by atoms with Gasteiger partial charge in [-0.25, -0.2) is 0 Å². The Morgan fingerprint density at radius 3 is 2.17 bits per heavy atom. The van der Waals surface area contributed by atoms with Crippen molar-refractivity contribution in [2.45, 2.75) is 13.3 Å². The molecule has 0 aromatic heterocycles. The number of rotatable bonds is 11. The summed E-state index contributed by atoms with van der Waals surface area (Å²) in [7, 11) is 0. The van der Waals surface area contributed by atoms with E-state index in [1.165, 1.54) is 6.92 Å². The lowest BCUT2D eigenvalue weighted by Gasteiger charge is -2.09. The maximum Gasteiger partial charge on any atom is 0.309 e. The Kier molecular flexibility index (Phi) is 10.2. The van der Waals surface area contributed by atoms with Gasteiger partial charge in [-0.15, -0.1) is 0 Å². The summed E-state index contributed by atoms with van der Waals surface area (Å²) in [6.45, 7) is 2.77. The maximum absolute atomic E-state index is 11.3. The number of carbonyl (C=O) groups excluding carboxylic acids is 1. The lowest BCUT2D eigenvalue weighted by atomic mass is 10.1. The molecule has 106 valence electrons. The zero-order chi connectivity index (χ0) is 13.8. The van der Waals surface area contributed by atoms with Gasteiger partial charge in [-0.2, -0.15) is 0 Å². The average Bonchev–Trinajstić information content (AvgIpc) is 2.31. The number of esters is 1. The van der Waals surface area contributed by atoms with Crippen molar-refractivity contribution < 1.29 is 34.0 Å². The van der Waals surface area contributed by atoms with Gasteiger partial charge in [0.05, 0.1) is 45.4 Å². The topological polar surface area (TPSA) is 102 Å². The van der Waals surface area contributed by atoms with Crippen LogP contribution in [0.1, 0.15) is 13.3 Å². The lowest BCUT2D eigenvalue weighted by molar-refractivity contribution is -0.153. The molecule has 0 heterocycles. The molecule has 0 bridgehead atoms. The van der Waals surface area contributed by atoms with Crippen molar-refractivity contribution >= 4 is 11.9 Å². The van der Waals surface area contributed by atoms with Gasteiger partial charge in [-0.1, -0.05) is 6.92 Å². The fourth-order valence-corrected chi connectivity index (χ4v) is 1.08. The number of ether oxygens (including phenoxy) is 3. The van der Waals surface area contributed by atoms with Crippen molar-refractivity contribution in [3.8, 4) is 0 Å². The molecule has 0 spiro atoms. The van der Waals surface area contributed by atoms with Crippen LogP contribution in [0.15, 0.2) is 0 Å². The van der Waals surface area contributed by atoms with Gasteiger partial charge >= 0.3 is 11.9 Å².